The number of rotatable bonds is 9. The smallest absolute Gasteiger partial charge is 0.336 e. The van der Waals surface area contributed by atoms with E-state index in [1.54, 1.807) is 14.2 Å². The molecule has 2 aromatic rings. The van der Waals surface area contributed by atoms with Crippen molar-refractivity contribution >= 4 is 23.1 Å². The SMILES string of the molecule is COc1ccc(C2CC(=O)C3=C(C2)NC(C)=C(C(=O)OCCOC(C)C)C3c2cccs2)cc1OC. The Labute approximate surface area is 216 Å². The lowest BCUT2D eigenvalue weighted by Gasteiger charge is -2.36. The Morgan fingerprint density at radius 3 is 2.56 bits per heavy atom. The Kier molecular flexibility index (Phi) is 8.16. The number of dihydropyridines is 1. The minimum Gasteiger partial charge on any atom is -0.493 e. The van der Waals surface area contributed by atoms with Gasteiger partial charge in [0, 0.05) is 28.3 Å². The van der Waals surface area contributed by atoms with E-state index in [-0.39, 0.29) is 24.4 Å². The Balaban J connectivity index is 1.63. The van der Waals surface area contributed by atoms with Crippen molar-refractivity contribution in [2.24, 2.45) is 0 Å². The van der Waals surface area contributed by atoms with Crippen molar-refractivity contribution in [3.05, 3.63) is 68.7 Å². The fraction of sp³-hybridized carbons (Fsp3) is 0.429. The molecule has 0 radical (unpaired) electrons. The van der Waals surface area contributed by atoms with Crippen molar-refractivity contribution in [1.82, 2.24) is 5.32 Å². The molecule has 0 fully saturated rings. The number of thiophene rings is 1. The zero-order chi connectivity index (χ0) is 25.8. The van der Waals surface area contributed by atoms with Crippen LogP contribution in [0.3, 0.4) is 0 Å². The first-order valence-corrected chi connectivity index (χ1v) is 13.0. The first kappa shape index (κ1) is 26.0. The number of esters is 1. The third-order valence-corrected chi connectivity index (χ3v) is 7.46. The van der Waals surface area contributed by atoms with Gasteiger partial charge in [-0.25, -0.2) is 4.79 Å². The van der Waals surface area contributed by atoms with Gasteiger partial charge in [0.15, 0.2) is 17.3 Å². The summed E-state index contributed by atoms with van der Waals surface area (Å²) in [6.07, 6.45) is 1.06. The number of ether oxygens (including phenoxy) is 4. The normalized spacial score (nSPS) is 19.8. The highest BCUT2D eigenvalue weighted by Crippen LogP contribution is 2.47. The number of benzene rings is 1. The maximum absolute atomic E-state index is 13.7. The maximum Gasteiger partial charge on any atom is 0.336 e. The fourth-order valence-electron chi connectivity index (χ4n) is 4.89. The van der Waals surface area contributed by atoms with Gasteiger partial charge in [-0.3, -0.25) is 4.79 Å². The summed E-state index contributed by atoms with van der Waals surface area (Å²) in [5, 5.41) is 5.35. The highest BCUT2D eigenvalue weighted by Gasteiger charge is 2.42. The van der Waals surface area contributed by atoms with E-state index in [1.165, 1.54) is 11.3 Å². The number of Topliss-reactive ketones (excluding diaryl/α,β-unsaturated/α-hetero) is 1. The van der Waals surface area contributed by atoms with Crippen molar-refractivity contribution in [1.29, 1.82) is 0 Å². The predicted molar refractivity (Wildman–Crippen MR) is 138 cm³/mol. The molecule has 0 spiro atoms. The zero-order valence-electron chi connectivity index (χ0n) is 21.4. The van der Waals surface area contributed by atoms with E-state index in [4.69, 9.17) is 18.9 Å². The molecule has 7 nitrogen and oxygen atoms in total. The average molecular weight is 512 g/mol. The number of ketones is 1. The fourth-order valence-corrected chi connectivity index (χ4v) is 5.73. The molecule has 0 bridgehead atoms. The third kappa shape index (κ3) is 5.34. The standard InChI is InChI=1S/C28H33NO6S/c1-16(2)34-10-11-35-28(31)25-17(3)29-20-13-19(18-8-9-22(32-4)23(15-18)33-5)14-21(30)26(20)27(25)24-7-6-12-36-24/h6-9,12,15-16,19,27,29H,10-11,13-14H2,1-5H3. The van der Waals surface area contributed by atoms with Gasteiger partial charge in [-0.2, -0.15) is 0 Å². The van der Waals surface area contributed by atoms with E-state index in [0.29, 0.717) is 47.8 Å². The Bertz CT molecular complexity index is 1180. The number of hydrogen-bond donors (Lipinski definition) is 1. The number of nitrogens with one attached hydrogen (secondary N) is 1. The molecule has 1 aromatic carbocycles. The van der Waals surface area contributed by atoms with Crippen molar-refractivity contribution in [2.45, 2.75) is 51.6 Å². The predicted octanol–water partition coefficient (Wildman–Crippen LogP) is 5.10. The van der Waals surface area contributed by atoms with Gasteiger partial charge in [-0.15, -0.1) is 11.3 Å². The topological polar surface area (TPSA) is 83.1 Å². The average Bonchev–Trinajstić information content (AvgIpc) is 3.39. The molecule has 1 aromatic heterocycles. The summed E-state index contributed by atoms with van der Waals surface area (Å²) in [6.45, 7) is 6.23. The molecule has 2 atom stereocenters. The van der Waals surface area contributed by atoms with Crippen LogP contribution in [0.5, 0.6) is 11.5 Å². The molecule has 1 aliphatic heterocycles. The molecule has 2 unspecified atom stereocenters. The van der Waals surface area contributed by atoms with Crippen molar-refractivity contribution in [3.8, 4) is 11.5 Å². The molecule has 2 heterocycles. The van der Waals surface area contributed by atoms with Crippen LogP contribution in [-0.4, -0.2) is 45.3 Å². The second-order valence-corrected chi connectivity index (χ2v) is 10.2. The molecule has 36 heavy (non-hydrogen) atoms. The molecule has 1 N–H and O–H groups in total. The van der Waals surface area contributed by atoms with Crippen LogP contribution in [0.15, 0.2) is 58.3 Å². The van der Waals surface area contributed by atoms with Crippen LogP contribution in [0.4, 0.5) is 0 Å². The molecule has 4 rings (SSSR count). The van der Waals surface area contributed by atoms with Crippen molar-refractivity contribution in [3.63, 3.8) is 0 Å². The highest BCUT2D eigenvalue weighted by molar-refractivity contribution is 7.10. The van der Waals surface area contributed by atoms with Crippen LogP contribution < -0.4 is 14.8 Å². The molecule has 8 heteroatoms. The minimum absolute atomic E-state index is 0.0120. The summed E-state index contributed by atoms with van der Waals surface area (Å²) in [7, 11) is 3.21. The van der Waals surface area contributed by atoms with Crippen molar-refractivity contribution < 1.29 is 28.5 Å². The summed E-state index contributed by atoms with van der Waals surface area (Å²) in [5.74, 6) is 0.436. The van der Waals surface area contributed by atoms with Crippen molar-refractivity contribution in [2.75, 3.05) is 27.4 Å². The lowest BCUT2D eigenvalue weighted by atomic mass is 9.73. The summed E-state index contributed by atoms with van der Waals surface area (Å²) >= 11 is 1.54. The van der Waals surface area contributed by atoms with E-state index in [0.717, 1.165) is 16.1 Å². The first-order chi connectivity index (χ1) is 17.3. The van der Waals surface area contributed by atoms with E-state index < -0.39 is 11.9 Å². The second kappa shape index (κ2) is 11.3. The zero-order valence-corrected chi connectivity index (χ0v) is 22.2. The van der Waals surface area contributed by atoms with Gasteiger partial charge in [-0.05, 0) is 62.3 Å². The number of allylic oxidation sites excluding steroid dienone is 3. The van der Waals surface area contributed by atoms with Crippen LogP contribution in [0.2, 0.25) is 0 Å². The largest absolute Gasteiger partial charge is 0.493 e. The Morgan fingerprint density at radius 1 is 1.11 bits per heavy atom. The molecular formula is C28H33NO6S. The van der Waals surface area contributed by atoms with E-state index in [1.807, 2.05) is 56.5 Å². The molecule has 192 valence electrons. The van der Waals surface area contributed by atoms with Gasteiger partial charge >= 0.3 is 5.97 Å². The molecule has 0 saturated carbocycles. The van der Waals surface area contributed by atoms with Crippen LogP contribution in [-0.2, 0) is 19.1 Å². The van der Waals surface area contributed by atoms with E-state index in [2.05, 4.69) is 5.32 Å². The molecule has 1 aliphatic carbocycles. The lowest BCUT2D eigenvalue weighted by Crippen LogP contribution is -2.36. The number of carbonyl (C=O) groups excluding carboxylic acids is 2. The quantitative estimate of drug-likeness (QED) is 0.371. The lowest BCUT2D eigenvalue weighted by molar-refractivity contribution is -0.141. The Morgan fingerprint density at radius 2 is 1.89 bits per heavy atom. The minimum atomic E-state index is -0.446. The van der Waals surface area contributed by atoms with Gasteiger partial charge in [0.25, 0.3) is 0 Å². The molecule has 0 saturated heterocycles. The Hall–Kier alpha value is -3.10. The van der Waals surface area contributed by atoms with Gasteiger partial charge in [0.05, 0.1) is 38.4 Å². The van der Waals surface area contributed by atoms with E-state index in [9.17, 15) is 9.59 Å². The molecular weight excluding hydrogens is 478 g/mol. The molecule has 0 amide bonds. The van der Waals surface area contributed by atoms with Gasteiger partial charge in [-0.1, -0.05) is 12.1 Å². The van der Waals surface area contributed by atoms with E-state index >= 15 is 0 Å². The monoisotopic (exact) mass is 511 g/mol. The summed E-state index contributed by atoms with van der Waals surface area (Å²) < 4.78 is 21.9. The summed E-state index contributed by atoms with van der Waals surface area (Å²) in [5.41, 5.74) is 3.73. The van der Waals surface area contributed by atoms with Crippen LogP contribution in [0.25, 0.3) is 0 Å². The first-order valence-electron chi connectivity index (χ1n) is 12.1. The number of methoxy groups -OCH3 is 2. The van der Waals surface area contributed by atoms with Crippen LogP contribution in [0, 0.1) is 0 Å². The highest BCUT2D eigenvalue weighted by atomic mass is 32.1. The summed E-state index contributed by atoms with van der Waals surface area (Å²) in [4.78, 5) is 27.8. The number of carbonyl (C=O) groups is 2. The molecule has 2 aliphatic rings. The van der Waals surface area contributed by atoms with Crippen LogP contribution >= 0.6 is 11.3 Å². The third-order valence-electron chi connectivity index (χ3n) is 6.52. The van der Waals surface area contributed by atoms with Gasteiger partial charge < -0.3 is 24.3 Å². The summed E-state index contributed by atoms with van der Waals surface area (Å²) in [6, 6.07) is 9.70. The van der Waals surface area contributed by atoms with Crippen LogP contribution in [0.1, 0.15) is 55.9 Å². The maximum atomic E-state index is 13.7. The van der Waals surface area contributed by atoms with Gasteiger partial charge in [0.2, 0.25) is 0 Å². The van der Waals surface area contributed by atoms with Gasteiger partial charge in [0.1, 0.15) is 6.61 Å². The number of hydrogen-bond acceptors (Lipinski definition) is 8. The second-order valence-electron chi connectivity index (χ2n) is 9.20.